The van der Waals surface area contributed by atoms with Crippen molar-refractivity contribution in [3.8, 4) is 22.3 Å². The molecule has 268 valence electrons. The molecule has 1 atom stereocenters. The number of aryl methyl sites for hydroxylation is 4. The summed E-state index contributed by atoms with van der Waals surface area (Å²) < 4.78 is 0. The predicted octanol–water partition coefficient (Wildman–Crippen LogP) is 14.0. The second-order valence-electron chi connectivity index (χ2n) is 16.9. The lowest BCUT2D eigenvalue weighted by Gasteiger charge is -2.34. The Kier molecular flexibility index (Phi) is 7.91. The van der Waals surface area contributed by atoms with E-state index in [2.05, 4.69) is 205 Å². The molecule has 3 aliphatic rings. The summed E-state index contributed by atoms with van der Waals surface area (Å²) >= 11 is 0. The number of hydrogen-bond acceptors (Lipinski definition) is 2. The molecule has 6 aromatic rings. The molecule has 0 amide bonds. The summed E-state index contributed by atoms with van der Waals surface area (Å²) in [5, 5.41) is 0. The van der Waals surface area contributed by atoms with Crippen LogP contribution in [0.3, 0.4) is 0 Å². The van der Waals surface area contributed by atoms with Crippen LogP contribution in [0.25, 0.3) is 22.3 Å². The summed E-state index contributed by atoms with van der Waals surface area (Å²) in [6, 6.07) is 43.8. The number of benzene rings is 6. The Hall–Kier alpha value is -5.60. The van der Waals surface area contributed by atoms with Crippen LogP contribution in [0.5, 0.6) is 0 Å². The number of allylic oxidation sites excluding steroid dienone is 2. The molecule has 2 nitrogen and oxygen atoms in total. The Morgan fingerprint density at radius 2 is 1.02 bits per heavy atom. The highest BCUT2D eigenvalue weighted by Crippen LogP contribution is 2.58. The van der Waals surface area contributed by atoms with Crippen molar-refractivity contribution in [1.82, 2.24) is 0 Å². The molecule has 0 heterocycles. The van der Waals surface area contributed by atoms with Crippen LogP contribution in [0, 0.1) is 27.7 Å². The Morgan fingerprint density at radius 3 is 1.59 bits per heavy atom. The lowest BCUT2D eigenvalue weighted by molar-refractivity contribution is 0.651. The second-order valence-corrected chi connectivity index (χ2v) is 16.9. The Bertz CT molecular complexity index is 2530. The van der Waals surface area contributed by atoms with Crippen LogP contribution in [-0.2, 0) is 10.8 Å². The molecule has 9 rings (SSSR count). The summed E-state index contributed by atoms with van der Waals surface area (Å²) in [5.74, 6) is 0. The summed E-state index contributed by atoms with van der Waals surface area (Å²) in [6.45, 7) is 18.7. The fraction of sp³-hybridized carbons (Fsp3) is 0.231. The molecule has 0 bridgehead atoms. The van der Waals surface area contributed by atoms with Gasteiger partial charge in [0.1, 0.15) is 0 Å². The minimum absolute atomic E-state index is 0.156. The molecule has 54 heavy (non-hydrogen) atoms. The fourth-order valence-electron chi connectivity index (χ4n) is 9.70. The van der Waals surface area contributed by atoms with Gasteiger partial charge in [-0.15, -0.1) is 0 Å². The molecule has 0 aromatic heterocycles. The molecule has 1 unspecified atom stereocenters. The van der Waals surface area contributed by atoms with Gasteiger partial charge in [0, 0.05) is 39.3 Å². The van der Waals surface area contributed by atoms with Gasteiger partial charge in [-0.05, 0) is 174 Å². The Labute approximate surface area is 322 Å². The average Bonchev–Trinajstić information content (AvgIpc) is 3.51. The molecule has 0 aliphatic heterocycles. The maximum absolute atomic E-state index is 2.56. The van der Waals surface area contributed by atoms with Gasteiger partial charge in [0.15, 0.2) is 0 Å². The van der Waals surface area contributed by atoms with Gasteiger partial charge >= 0.3 is 0 Å². The fourth-order valence-corrected chi connectivity index (χ4v) is 9.70. The van der Waals surface area contributed by atoms with Crippen LogP contribution in [0.2, 0.25) is 0 Å². The first-order chi connectivity index (χ1) is 25.9. The van der Waals surface area contributed by atoms with Gasteiger partial charge in [0.25, 0.3) is 0 Å². The normalized spacial score (nSPS) is 16.8. The second kappa shape index (κ2) is 12.5. The third-order valence-corrected chi connectivity index (χ3v) is 12.4. The van der Waals surface area contributed by atoms with E-state index in [1.807, 2.05) is 0 Å². The first-order valence-electron chi connectivity index (χ1n) is 19.5. The molecule has 2 heteroatoms. The van der Waals surface area contributed by atoms with Gasteiger partial charge in [-0.2, -0.15) is 0 Å². The molecule has 0 fully saturated rings. The molecule has 3 aliphatic carbocycles. The summed E-state index contributed by atoms with van der Waals surface area (Å²) in [6.07, 6.45) is 10.00. The Morgan fingerprint density at radius 1 is 0.481 bits per heavy atom. The van der Waals surface area contributed by atoms with Crippen molar-refractivity contribution in [1.29, 1.82) is 0 Å². The zero-order chi connectivity index (χ0) is 37.5. The van der Waals surface area contributed by atoms with Crippen LogP contribution < -0.4 is 9.80 Å². The summed E-state index contributed by atoms with van der Waals surface area (Å²) in [5.41, 5.74) is 22.2. The quantitative estimate of drug-likeness (QED) is 0.170. The highest BCUT2D eigenvalue weighted by atomic mass is 15.2. The van der Waals surface area contributed by atoms with Gasteiger partial charge < -0.3 is 9.80 Å². The smallest absolute Gasteiger partial charge is 0.0559 e. The van der Waals surface area contributed by atoms with E-state index in [9.17, 15) is 0 Å². The minimum atomic E-state index is -0.168. The lowest BCUT2D eigenvalue weighted by Crippen LogP contribution is -2.30. The van der Waals surface area contributed by atoms with Gasteiger partial charge in [-0.1, -0.05) is 94.5 Å². The van der Waals surface area contributed by atoms with Crippen LogP contribution in [-0.4, -0.2) is 6.04 Å². The highest BCUT2D eigenvalue weighted by Gasteiger charge is 2.43. The van der Waals surface area contributed by atoms with Crippen molar-refractivity contribution in [2.45, 2.75) is 78.7 Å². The third kappa shape index (κ3) is 5.29. The standard InChI is InChI=1S/C52H50N2/c1-33-17-15-23-39(25-33)53(37-19-11-9-12-20-37)41-27-35(3)49-43-31-46-44(32-45(43)51(5,6)47(49)29-41)50-36(4)28-42(30-48(50)52(46,7)8)54(38-21-13-10-14-22-38)40-24-16-18-34(2)26-40/h9-21,23-32,38H,22H2,1-8H3. The zero-order valence-electron chi connectivity index (χ0n) is 33.0. The van der Waals surface area contributed by atoms with Crippen molar-refractivity contribution in [2.75, 3.05) is 9.80 Å². The van der Waals surface area contributed by atoms with Gasteiger partial charge in [0.2, 0.25) is 0 Å². The average molecular weight is 703 g/mol. The number of fused-ring (bicyclic) bond motifs is 6. The number of anilines is 5. The molecule has 0 N–H and O–H groups in total. The number of rotatable bonds is 6. The first kappa shape index (κ1) is 34.2. The largest absolute Gasteiger partial charge is 0.334 e. The van der Waals surface area contributed by atoms with Crippen molar-refractivity contribution in [2.24, 2.45) is 0 Å². The van der Waals surface area contributed by atoms with E-state index >= 15 is 0 Å². The van der Waals surface area contributed by atoms with E-state index in [1.54, 1.807) is 0 Å². The maximum atomic E-state index is 2.56. The first-order valence-corrected chi connectivity index (χ1v) is 19.5. The van der Waals surface area contributed by atoms with Crippen LogP contribution in [0.15, 0.2) is 140 Å². The van der Waals surface area contributed by atoms with Crippen LogP contribution in [0.1, 0.15) is 78.6 Å². The molecular formula is C52H50N2. The van der Waals surface area contributed by atoms with Crippen LogP contribution in [0.4, 0.5) is 28.4 Å². The molecular weight excluding hydrogens is 653 g/mol. The maximum Gasteiger partial charge on any atom is 0.0559 e. The van der Waals surface area contributed by atoms with E-state index in [1.165, 1.54) is 95.2 Å². The third-order valence-electron chi connectivity index (χ3n) is 12.4. The van der Waals surface area contributed by atoms with Crippen LogP contribution >= 0.6 is 0 Å². The van der Waals surface area contributed by atoms with Crippen molar-refractivity contribution in [3.05, 3.63) is 184 Å². The van der Waals surface area contributed by atoms with Gasteiger partial charge in [0.05, 0.1) is 6.04 Å². The molecule has 0 radical (unpaired) electrons. The zero-order valence-corrected chi connectivity index (χ0v) is 33.0. The van der Waals surface area contributed by atoms with Gasteiger partial charge in [-0.3, -0.25) is 0 Å². The highest BCUT2D eigenvalue weighted by molar-refractivity contribution is 5.94. The minimum Gasteiger partial charge on any atom is -0.334 e. The van der Waals surface area contributed by atoms with E-state index in [-0.39, 0.29) is 16.9 Å². The van der Waals surface area contributed by atoms with Crippen molar-refractivity contribution < 1.29 is 0 Å². The monoisotopic (exact) mass is 702 g/mol. The summed E-state index contributed by atoms with van der Waals surface area (Å²) in [4.78, 5) is 4.97. The van der Waals surface area contributed by atoms with Gasteiger partial charge in [-0.25, -0.2) is 0 Å². The predicted molar refractivity (Wildman–Crippen MR) is 230 cm³/mol. The topological polar surface area (TPSA) is 6.48 Å². The number of nitrogens with zero attached hydrogens (tertiary/aromatic N) is 2. The number of hydrogen-bond donors (Lipinski definition) is 0. The van der Waals surface area contributed by atoms with Crippen molar-refractivity contribution in [3.63, 3.8) is 0 Å². The Balaban J connectivity index is 1.18. The molecule has 0 saturated heterocycles. The summed E-state index contributed by atoms with van der Waals surface area (Å²) in [7, 11) is 0. The molecule has 0 saturated carbocycles. The van der Waals surface area contributed by atoms with E-state index in [0.717, 1.165) is 6.42 Å². The molecule has 0 spiro atoms. The number of para-hydroxylation sites is 1. The van der Waals surface area contributed by atoms with E-state index in [0.29, 0.717) is 0 Å². The van der Waals surface area contributed by atoms with E-state index in [4.69, 9.17) is 0 Å². The van der Waals surface area contributed by atoms with E-state index < -0.39 is 0 Å². The molecule has 6 aromatic carbocycles. The van der Waals surface area contributed by atoms with Crippen molar-refractivity contribution >= 4 is 28.4 Å². The SMILES string of the molecule is Cc1cccc(N(c2ccccc2)c2cc(C)c3c(c2)C(C)(C)c2cc4c(cc2-3)C(C)(C)c2cc(N(c3cccc(C)c3)C3C=CC=CC3)cc(C)c2-4)c1. The lowest BCUT2D eigenvalue weighted by atomic mass is 9.79.